The largest absolute Gasteiger partial charge is 0.378 e. The first-order chi connectivity index (χ1) is 15.9. The van der Waals surface area contributed by atoms with Crippen molar-refractivity contribution in [3.05, 3.63) is 83.2 Å². The van der Waals surface area contributed by atoms with Crippen LogP contribution in [-0.4, -0.2) is 39.6 Å². The van der Waals surface area contributed by atoms with Crippen molar-refractivity contribution in [2.24, 2.45) is 9.98 Å². The summed E-state index contributed by atoms with van der Waals surface area (Å²) in [5.41, 5.74) is 5.66. The molecule has 3 rings (SSSR count). The molecule has 0 aliphatic carbocycles. The van der Waals surface area contributed by atoms with Gasteiger partial charge in [-0.3, -0.25) is 0 Å². The number of benzene rings is 2. The number of allylic oxidation sites excluding steroid dienone is 4. The molecule has 0 bridgehead atoms. The van der Waals surface area contributed by atoms with Gasteiger partial charge in [-0.2, -0.15) is 10.5 Å². The second-order valence-corrected chi connectivity index (χ2v) is 7.94. The molecular formula is C27H26N6. The van der Waals surface area contributed by atoms with Gasteiger partial charge in [0.2, 0.25) is 0 Å². The molecule has 0 amide bonds. The zero-order chi connectivity index (χ0) is 23.8. The highest BCUT2D eigenvalue weighted by atomic mass is 15.1. The number of hydrogen-bond donors (Lipinski definition) is 0. The fourth-order valence-electron chi connectivity index (χ4n) is 3.16. The molecule has 0 spiro atoms. The number of nitrogens with zero attached hydrogens (tertiary/aromatic N) is 6. The maximum atomic E-state index is 9.48. The van der Waals surface area contributed by atoms with Crippen LogP contribution in [0.5, 0.6) is 0 Å². The van der Waals surface area contributed by atoms with Gasteiger partial charge >= 0.3 is 0 Å². The third-order valence-electron chi connectivity index (χ3n) is 5.06. The topological polar surface area (TPSA) is 78.8 Å². The van der Waals surface area contributed by atoms with Crippen LogP contribution in [0.1, 0.15) is 17.5 Å². The van der Waals surface area contributed by atoms with E-state index in [0.29, 0.717) is 17.8 Å². The Bertz CT molecular complexity index is 1130. The average Bonchev–Trinajstić information content (AvgIpc) is 3.00. The van der Waals surface area contributed by atoms with Gasteiger partial charge in [0, 0.05) is 57.4 Å². The summed E-state index contributed by atoms with van der Waals surface area (Å²) in [6, 6.07) is 20.3. The second kappa shape index (κ2) is 10.7. The summed E-state index contributed by atoms with van der Waals surface area (Å²) in [5.74, 6) is 0. The molecule has 0 fully saturated rings. The van der Waals surface area contributed by atoms with Crippen LogP contribution in [0.3, 0.4) is 0 Å². The molecule has 33 heavy (non-hydrogen) atoms. The molecule has 0 saturated heterocycles. The van der Waals surface area contributed by atoms with E-state index < -0.39 is 0 Å². The van der Waals surface area contributed by atoms with Gasteiger partial charge in [-0.05, 0) is 47.5 Å². The fourth-order valence-corrected chi connectivity index (χ4v) is 3.16. The molecule has 6 nitrogen and oxygen atoms in total. The normalized spacial score (nSPS) is 13.9. The average molecular weight is 435 g/mol. The second-order valence-electron chi connectivity index (χ2n) is 7.94. The molecule has 1 aliphatic heterocycles. The highest BCUT2D eigenvalue weighted by molar-refractivity contribution is 6.16. The highest BCUT2D eigenvalue weighted by Gasteiger charge is 2.13. The van der Waals surface area contributed by atoms with E-state index in [9.17, 15) is 10.5 Å². The van der Waals surface area contributed by atoms with Crippen molar-refractivity contribution < 1.29 is 0 Å². The molecule has 6 heteroatoms. The van der Waals surface area contributed by atoms with Gasteiger partial charge in [-0.15, -0.1) is 0 Å². The molecule has 0 saturated carbocycles. The molecule has 1 heterocycles. The molecule has 0 atom stereocenters. The van der Waals surface area contributed by atoms with E-state index in [1.54, 1.807) is 0 Å². The van der Waals surface area contributed by atoms with Crippen LogP contribution in [0.2, 0.25) is 0 Å². The van der Waals surface area contributed by atoms with Crippen molar-refractivity contribution in [1.29, 1.82) is 10.5 Å². The number of rotatable bonds is 6. The molecule has 0 radical (unpaired) electrons. The van der Waals surface area contributed by atoms with Crippen LogP contribution in [0.25, 0.3) is 12.2 Å². The van der Waals surface area contributed by atoms with Gasteiger partial charge in [0.25, 0.3) is 0 Å². The summed E-state index contributed by atoms with van der Waals surface area (Å²) in [7, 11) is 7.99. The first-order valence-corrected chi connectivity index (χ1v) is 10.5. The van der Waals surface area contributed by atoms with Gasteiger partial charge in [0.05, 0.1) is 0 Å². The summed E-state index contributed by atoms with van der Waals surface area (Å²) in [4.78, 5) is 12.9. The molecule has 0 aromatic heterocycles. The quantitative estimate of drug-likeness (QED) is 0.634. The van der Waals surface area contributed by atoms with Gasteiger partial charge < -0.3 is 9.80 Å². The number of hydrogen-bond acceptors (Lipinski definition) is 6. The Morgan fingerprint density at radius 3 is 1.30 bits per heavy atom. The third kappa shape index (κ3) is 6.29. The predicted molar refractivity (Wildman–Crippen MR) is 137 cm³/mol. The molecule has 0 N–H and O–H groups in total. The van der Waals surface area contributed by atoms with Gasteiger partial charge in [-0.25, -0.2) is 9.98 Å². The van der Waals surface area contributed by atoms with Crippen LogP contribution in [0.4, 0.5) is 11.4 Å². The smallest absolute Gasteiger partial charge is 0.177 e. The predicted octanol–water partition coefficient (Wildman–Crippen LogP) is 5.09. The number of nitriles is 2. The van der Waals surface area contributed by atoms with Crippen LogP contribution in [-0.2, 0) is 0 Å². The minimum atomic E-state index is 0.0267. The first kappa shape index (κ1) is 23.2. The lowest BCUT2D eigenvalue weighted by molar-refractivity contribution is 1.13. The standard InChI is InChI=1S/C27H26N6/c1-32(2)24-13-7-20(8-14-24)5-11-22-17-23(31-27(19-29)26(18-28)30-22)12-6-21-9-15-25(16-10-21)33(3)4/h5-16H,17H2,1-4H3. The van der Waals surface area contributed by atoms with E-state index in [1.165, 1.54) is 0 Å². The molecule has 0 unspecified atom stereocenters. The van der Waals surface area contributed by atoms with Crippen LogP contribution < -0.4 is 9.80 Å². The molecule has 2 aromatic carbocycles. The van der Waals surface area contributed by atoms with E-state index >= 15 is 0 Å². The minimum absolute atomic E-state index is 0.0267. The van der Waals surface area contributed by atoms with Gasteiger partial charge in [0.15, 0.2) is 11.4 Å². The van der Waals surface area contributed by atoms with Crippen molar-refractivity contribution in [3.8, 4) is 12.1 Å². The maximum Gasteiger partial charge on any atom is 0.177 e. The highest BCUT2D eigenvalue weighted by Crippen LogP contribution is 2.18. The minimum Gasteiger partial charge on any atom is -0.378 e. The van der Waals surface area contributed by atoms with Crippen molar-refractivity contribution >= 4 is 35.0 Å². The summed E-state index contributed by atoms with van der Waals surface area (Å²) >= 11 is 0. The van der Waals surface area contributed by atoms with Gasteiger partial charge in [-0.1, -0.05) is 36.4 Å². The van der Waals surface area contributed by atoms with E-state index in [4.69, 9.17) is 0 Å². The van der Waals surface area contributed by atoms with Crippen molar-refractivity contribution in [2.45, 2.75) is 6.42 Å². The Hall–Kier alpha value is -4.42. The van der Waals surface area contributed by atoms with E-state index in [2.05, 4.69) is 9.98 Å². The zero-order valence-electron chi connectivity index (χ0n) is 19.3. The van der Waals surface area contributed by atoms with E-state index in [-0.39, 0.29) is 11.4 Å². The Labute approximate surface area is 195 Å². The zero-order valence-corrected chi connectivity index (χ0v) is 19.3. The Balaban J connectivity index is 1.86. The Morgan fingerprint density at radius 2 is 1.00 bits per heavy atom. The maximum absolute atomic E-state index is 9.48. The van der Waals surface area contributed by atoms with Crippen molar-refractivity contribution in [2.75, 3.05) is 38.0 Å². The van der Waals surface area contributed by atoms with Crippen molar-refractivity contribution in [3.63, 3.8) is 0 Å². The Morgan fingerprint density at radius 1 is 0.636 bits per heavy atom. The summed E-state index contributed by atoms with van der Waals surface area (Å²) in [6.45, 7) is 0. The SMILES string of the molecule is CN(C)c1ccc(C=CC2=NC(C#N)=C(C#N)N=C(C=Cc3ccc(N(C)C)cc3)C2)cc1. The lowest BCUT2D eigenvalue weighted by Gasteiger charge is -2.11. The van der Waals surface area contributed by atoms with E-state index in [1.807, 2.05) is 123 Å². The molecular weight excluding hydrogens is 408 g/mol. The lowest BCUT2D eigenvalue weighted by atomic mass is 10.1. The molecule has 164 valence electrons. The van der Waals surface area contributed by atoms with Crippen LogP contribution in [0.15, 0.2) is 82.1 Å². The van der Waals surface area contributed by atoms with Gasteiger partial charge in [0.1, 0.15) is 12.1 Å². The first-order valence-electron chi connectivity index (χ1n) is 10.5. The third-order valence-corrected chi connectivity index (χ3v) is 5.06. The van der Waals surface area contributed by atoms with Crippen LogP contribution in [0, 0.1) is 22.7 Å². The molecule has 2 aromatic rings. The fraction of sp³-hybridized carbons (Fsp3) is 0.185. The summed E-state index contributed by atoms with van der Waals surface area (Å²) in [5, 5.41) is 19.0. The summed E-state index contributed by atoms with van der Waals surface area (Å²) < 4.78 is 0. The van der Waals surface area contributed by atoms with Crippen molar-refractivity contribution in [1.82, 2.24) is 0 Å². The number of anilines is 2. The number of aliphatic imine (C=N–C) groups is 2. The Kier molecular flexibility index (Phi) is 7.57. The lowest BCUT2D eigenvalue weighted by Crippen LogP contribution is -2.08. The monoisotopic (exact) mass is 434 g/mol. The van der Waals surface area contributed by atoms with E-state index in [0.717, 1.165) is 22.5 Å². The summed E-state index contributed by atoms with van der Waals surface area (Å²) in [6.07, 6.45) is 8.06. The molecule has 1 aliphatic rings. The van der Waals surface area contributed by atoms with Crippen LogP contribution >= 0.6 is 0 Å².